The molecule has 3 heteroatoms. The molecule has 0 saturated carbocycles. The van der Waals surface area contributed by atoms with Gasteiger partial charge in [0, 0.05) is 24.6 Å². The summed E-state index contributed by atoms with van der Waals surface area (Å²) in [5.74, 6) is 1.25. The van der Waals surface area contributed by atoms with E-state index in [1.54, 1.807) is 13.3 Å². The fraction of sp³-hybridized carbons (Fsp3) is 0.333. The van der Waals surface area contributed by atoms with E-state index in [0.29, 0.717) is 12.8 Å². The average Bonchev–Trinajstić information content (AvgIpc) is 2.54. The summed E-state index contributed by atoms with van der Waals surface area (Å²) in [7, 11) is 1.65. The number of pyridine rings is 1. The van der Waals surface area contributed by atoms with Crippen LogP contribution in [0.2, 0.25) is 0 Å². The molecule has 110 valence electrons. The zero-order valence-electron chi connectivity index (χ0n) is 12.8. The maximum Gasteiger partial charge on any atom is 0.133 e. The molecule has 0 aliphatic rings. The molecule has 0 radical (unpaired) electrons. The largest absolute Gasteiger partial charge is 0.497 e. The van der Waals surface area contributed by atoms with Crippen LogP contribution in [0.3, 0.4) is 0 Å². The van der Waals surface area contributed by atoms with Crippen LogP contribution in [0.4, 0.5) is 0 Å². The van der Waals surface area contributed by atoms with Crippen molar-refractivity contribution in [1.29, 1.82) is 0 Å². The average molecular weight is 283 g/mol. The highest BCUT2D eigenvalue weighted by molar-refractivity contribution is 5.79. The second-order valence-corrected chi connectivity index (χ2v) is 5.17. The summed E-state index contributed by atoms with van der Waals surface area (Å²) in [5.41, 5.74) is 3.07. The maximum atomic E-state index is 11.7. The van der Waals surface area contributed by atoms with Gasteiger partial charge in [-0.25, -0.2) is 0 Å². The number of carbonyl (C=O) groups is 1. The third-order valence-corrected chi connectivity index (χ3v) is 3.66. The standard InChI is InChI=1S/C18H21NO2/c1-4-14(20)11-13(2)16-9-8-15(21-3)12-17(16)18-7-5-6-10-19-18/h5-10,12-13H,4,11H2,1-3H3/t13-/m0/s1. The SMILES string of the molecule is CCC(=O)C[C@H](C)c1ccc(OC)cc1-c1ccccn1. The van der Waals surface area contributed by atoms with E-state index in [-0.39, 0.29) is 11.7 Å². The quantitative estimate of drug-likeness (QED) is 0.796. The van der Waals surface area contributed by atoms with Gasteiger partial charge in [0.2, 0.25) is 0 Å². The molecule has 2 rings (SSSR count). The van der Waals surface area contributed by atoms with Crippen molar-refractivity contribution in [2.75, 3.05) is 7.11 Å². The summed E-state index contributed by atoms with van der Waals surface area (Å²) in [6.45, 7) is 3.99. The van der Waals surface area contributed by atoms with Crippen LogP contribution in [0, 0.1) is 0 Å². The van der Waals surface area contributed by atoms with E-state index in [0.717, 1.165) is 22.6 Å². The summed E-state index contributed by atoms with van der Waals surface area (Å²) >= 11 is 0. The van der Waals surface area contributed by atoms with Crippen molar-refractivity contribution in [2.24, 2.45) is 0 Å². The first-order chi connectivity index (χ1) is 10.2. The molecule has 0 N–H and O–H groups in total. The zero-order valence-corrected chi connectivity index (χ0v) is 12.8. The van der Waals surface area contributed by atoms with Gasteiger partial charge in [0.05, 0.1) is 12.8 Å². The van der Waals surface area contributed by atoms with Crippen molar-refractivity contribution < 1.29 is 9.53 Å². The third kappa shape index (κ3) is 3.69. The number of ether oxygens (including phenoxy) is 1. The lowest BCUT2D eigenvalue weighted by Gasteiger charge is -2.16. The van der Waals surface area contributed by atoms with Gasteiger partial charge >= 0.3 is 0 Å². The molecule has 3 nitrogen and oxygen atoms in total. The van der Waals surface area contributed by atoms with Crippen molar-refractivity contribution in [2.45, 2.75) is 32.6 Å². The molecule has 0 aliphatic heterocycles. The first-order valence-corrected chi connectivity index (χ1v) is 7.26. The Bertz CT molecular complexity index is 608. The number of hydrogen-bond acceptors (Lipinski definition) is 3. The Labute approximate surface area is 126 Å². The number of nitrogens with zero attached hydrogens (tertiary/aromatic N) is 1. The van der Waals surface area contributed by atoms with Crippen molar-refractivity contribution in [3.63, 3.8) is 0 Å². The summed E-state index contributed by atoms with van der Waals surface area (Å²) < 4.78 is 5.32. The van der Waals surface area contributed by atoms with Gasteiger partial charge in [0.15, 0.2) is 0 Å². The Morgan fingerprint density at radius 1 is 1.29 bits per heavy atom. The fourth-order valence-electron chi connectivity index (χ4n) is 2.43. The van der Waals surface area contributed by atoms with Crippen LogP contribution in [0.5, 0.6) is 5.75 Å². The highest BCUT2D eigenvalue weighted by Gasteiger charge is 2.16. The number of rotatable bonds is 6. The number of methoxy groups -OCH3 is 1. The molecule has 0 amide bonds. The van der Waals surface area contributed by atoms with Gasteiger partial charge in [-0.15, -0.1) is 0 Å². The van der Waals surface area contributed by atoms with E-state index < -0.39 is 0 Å². The Morgan fingerprint density at radius 2 is 2.10 bits per heavy atom. The molecular weight excluding hydrogens is 262 g/mol. The van der Waals surface area contributed by atoms with E-state index in [4.69, 9.17) is 4.74 Å². The molecule has 0 bridgehead atoms. The fourth-order valence-corrected chi connectivity index (χ4v) is 2.43. The van der Waals surface area contributed by atoms with Gasteiger partial charge in [-0.1, -0.05) is 26.0 Å². The first-order valence-electron chi connectivity index (χ1n) is 7.26. The summed E-state index contributed by atoms with van der Waals surface area (Å²) in [6.07, 6.45) is 2.92. The van der Waals surface area contributed by atoms with Crippen LogP contribution in [0.1, 0.15) is 38.2 Å². The zero-order chi connectivity index (χ0) is 15.2. The monoisotopic (exact) mass is 283 g/mol. The summed E-state index contributed by atoms with van der Waals surface area (Å²) in [4.78, 5) is 16.2. The molecule has 0 spiro atoms. The maximum absolute atomic E-state index is 11.7. The Hall–Kier alpha value is -2.16. The van der Waals surface area contributed by atoms with Gasteiger partial charge in [-0.05, 0) is 35.7 Å². The Morgan fingerprint density at radius 3 is 2.71 bits per heavy atom. The molecule has 1 aromatic carbocycles. The lowest BCUT2D eigenvalue weighted by molar-refractivity contribution is -0.119. The molecule has 0 saturated heterocycles. The van der Waals surface area contributed by atoms with Crippen LogP contribution in [0.15, 0.2) is 42.6 Å². The smallest absolute Gasteiger partial charge is 0.133 e. The van der Waals surface area contributed by atoms with Crippen LogP contribution in [-0.4, -0.2) is 17.9 Å². The second-order valence-electron chi connectivity index (χ2n) is 5.17. The van der Waals surface area contributed by atoms with E-state index in [9.17, 15) is 4.79 Å². The van der Waals surface area contributed by atoms with Gasteiger partial charge in [0.25, 0.3) is 0 Å². The minimum Gasteiger partial charge on any atom is -0.497 e. The molecule has 0 unspecified atom stereocenters. The number of benzene rings is 1. The lowest BCUT2D eigenvalue weighted by atomic mass is 9.89. The van der Waals surface area contributed by atoms with E-state index >= 15 is 0 Å². The molecule has 0 aliphatic carbocycles. The normalized spacial score (nSPS) is 12.0. The van der Waals surface area contributed by atoms with Crippen molar-refractivity contribution >= 4 is 5.78 Å². The van der Waals surface area contributed by atoms with E-state index in [2.05, 4.69) is 11.9 Å². The predicted molar refractivity (Wildman–Crippen MR) is 84.6 cm³/mol. The second kappa shape index (κ2) is 7.02. The van der Waals surface area contributed by atoms with Crippen molar-refractivity contribution in [3.05, 3.63) is 48.2 Å². The minimum absolute atomic E-state index is 0.167. The van der Waals surface area contributed by atoms with Crippen molar-refractivity contribution in [1.82, 2.24) is 4.98 Å². The topological polar surface area (TPSA) is 39.2 Å². The molecule has 1 aromatic heterocycles. The Kier molecular flexibility index (Phi) is 5.09. The molecule has 0 fully saturated rings. The van der Waals surface area contributed by atoms with E-state index in [1.807, 2.05) is 43.3 Å². The van der Waals surface area contributed by atoms with Crippen LogP contribution in [0.25, 0.3) is 11.3 Å². The molecule has 1 heterocycles. The number of ketones is 1. The highest BCUT2D eigenvalue weighted by Crippen LogP contribution is 2.33. The van der Waals surface area contributed by atoms with Crippen LogP contribution < -0.4 is 4.74 Å². The number of aromatic nitrogens is 1. The van der Waals surface area contributed by atoms with Gasteiger partial charge in [-0.2, -0.15) is 0 Å². The number of hydrogen-bond donors (Lipinski definition) is 0. The van der Waals surface area contributed by atoms with Crippen LogP contribution >= 0.6 is 0 Å². The van der Waals surface area contributed by atoms with Gasteiger partial charge < -0.3 is 4.74 Å². The lowest BCUT2D eigenvalue weighted by Crippen LogP contribution is -2.05. The first kappa shape index (κ1) is 15.2. The molecule has 2 aromatic rings. The number of Topliss-reactive ketones (excluding diaryl/α,β-unsaturated/α-hetero) is 1. The van der Waals surface area contributed by atoms with Crippen LogP contribution in [-0.2, 0) is 4.79 Å². The number of carbonyl (C=O) groups excluding carboxylic acids is 1. The minimum atomic E-state index is 0.167. The van der Waals surface area contributed by atoms with Crippen molar-refractivity contribution in [3.8, 4) is 17.0 Å². The summed E-state index contributed by atoms with van der Waals surface area (Å²) in [6, 6.07) is 11.8. The van der Waals surface area contributed by atoms with Gasteiger partial charge in [0.1, 0.15) is 11.5 Å². The van der Waals surface area contributed by atoms with Gasteiger partial charge in [-0.3, -0.25) is 9.78 Å². The summed E-state index contributed by atoms with van der Waals surface area (Å²) in [5, 5.41) is 0. The third-order valence-electron chi connectivity index (χ3n) is 3.66. The molecular formula is C18H21NO2. The molecule has 21 heavy (non-hydrogen) atoms. The highest BCUT2D eigenvalue weighted by atomic mass is 16.5. The predicted octanol–water partition coefficient (Wildman–Crippen LogP) is 4.23. The van der Waals surface area contributed by atoms with E-state index in [1.165, 1.54) is 0 Å². The Balaban J connectivity index is 2.43. The molecule has 1 atom stereocenters.